The van der Waals surface area contributed by atoms with E-state index in [-0.39, 0.29) is 27.9 Å². The van der Waals surface area contributed by atoms with Crippen molar-refractivity contribution in [3.05, 3.63) is 83.4 Å². The Kier molecular flexibility index (Phi) is 12.0. The van der Waals surface area contributed by atoms with E-state index in [0.29, 0.717) is 16.9 Å². The van der Waals surface area contributed by atoms with E-state index in [9.17, 15) is 24.3 Å². The van der Waals surface area contributed by atoms with Crippen LogP contribution in [0, 0.1) is 0 Å². The number of phenols is 1. The molecule has 0 aliphatic carbocycles. The van der Waals surface area contributed by atoms with Crippen molar-refractivity contribution in [2.24, 2.45) is 0 Å². The molecule has 0 aromatic heterocycles. The van der Waals surface area contributed by atoms with Gasteiger partial charge in [0.05, 0.1) is 13.2 Å². The number of hydrogen-bond acceptors (Lipinski definition) is 9. The van der Waals surface area contributed by atoms with E-state index in [0.717, 1.165) is 0 Å². The second-order valence-electron chi connectivity index (χ2n) is 15.1. The van der Waals surface area contributed by atoms with Crippen LogP contribution >= 0.6 is 0 Å². The van der Waals surface area contributed by atoms with Crippen LogP contribution < -0.4 is 30.7 Å². The van der Waals surface area contributed by atoms with E-state index < -0.39 is 62.0 Å². The molecule has 280 valence electrons. The van der Waals surface area contributed by atoms with Crippen LogP contribution in [0.4, 0.5) is 4.79 Å². The summed E-state index contributed by atoms with van der Waals surface area (Å²) >= 11 is 0. The molecule has 3 aromatic rings. The first kappa shape index (κ1) is 39.7. The molecule has 2 heterocycles. The monoisotopic (exact) mass is 734 g/mol. The van der Waals surface area contributed by atoms with Gasteiger partial charge in [0.25, 0.3) is 0 Å². The summed E-state index contributed by atoms with van der Waals surface area (Å²) in [5, 5.41) is 21.5. The summed E-state index contributed by atoms with van der Waals surface area (Å²) in [5.74, 6) is -2.03. The average Bonchev–Trinajstić information content (AvgIpc) is 3.06. The van der Waals surface area contributed by atoms with Gasteiger partial charge in [0.15, 0.2) is 19.8 Å². The Morgan fingerprint density at radius 3 is 2.06 bits per heavy atom. The molecule has 5 N–H and O–H groups in total. The van der Waals surface area contributed by atoms with Gasteiger partial charge >= 0.3 is 6.09 Å². The minimum Gasteiger partial charge on any atom is -0.504 e. The summed E-state index contributed by atoms with van der Waals surface area (Å²) in [6.45, 7) is 15.3. The summed E-state index contributed by atoms with van der Waals surface area (Å²) in [7, 11) is 0.0953. The fraction of sp³-hybridized carbons (Fsp3) is 0.421. The topological polar surface area (TPSA) is 174 Å². The lowest BCUT2D eigenvalue weighted by atomic mass is 9.99. The predicted octanol–water partition coefficient (Wildman–Crippen LogP) is 5.92. The molecule has 0 unspecified atom stereocenters. The fourth-order valence-corrected chi connectivity index (χ4v) is 6.55. The van der Waals surface area contributed by atoms with Crippen LogP contribution in [-0.4, -0.2) is 63.0 Å². The Hall–Kier alpha value is -5.08. The number of aromatic hydroxyl groups is 1. The first-order chi connectivity index (χ1) is 24.2. The molecule has 0 saturated carbocycles. The number of methoxy groups -OCH3 is 1. The first-order valence-electron chi connectivity index (χ1n) is 17.0. The van der Waals surface area contributed by atoms with Gasteiger partial charge in [-0.2, -0.15) is 0 Å². The maximum Gasteiger partial charge on any atom is 0.408 e. The normalized spacial score (nSPS) is 19.8. The van der Waals surface area contributed by atoms with Crippen molar-refractivity contribution in [1.82, 2.24) is 21.3 Å². The highest BCUT2D eigenvalue weighted by atomic mass is 28.4. The molecular weight excluding hydrogens is 685 g/mol. The molecule has 4 amide bonds. The van der Waals surface area contributed by atoms with Crippen molar-refractivity contribution in [1.29, 1.82) is 0 Å². The molecule has 2 aliphatic rings. The molecule has 4 bridgehead atoms. The average molecular weight is 735 g/mol. The number of amides is 4. The fourth-order valence-electron chi connectivity index (χ4n) is 5.29. The number of ether oxygens (including phenoxy) is 3. The summed E-state index contributed by atoms with van der Waals surface area (Å²) in [6.07, 6.45) is -1.92. The lowest BCUT2D eigenvalue weighted by Gasteiger charge is -2.41. The summed E-state index contributed by atoms with van der Waals surface area (Å²) < 4.78 is 24.1. The second kappa shape index (κ2) is 15.7. The highest BCUT2D eigenvalue weighted by Crippen LogP contribution is 2.43. The third-order valence-electron chi connectivity index (χ3n) is 8.99. The highest BCUT2D eigenvalue weighted by molar-refractivity contribution is 6.74. The minimum atomic E-state index is -2.67. The van der Waals surface area contributed by atoms with Gasteiger partial charge in [-0.3, -0.25) is 14.4 Å². The molecular formula is C38H50N4O9Si. The molecule has 0 fully saturated rings. The standard InChI is InChI=1S/C38H50N4O9Si/c1-37(2,3)50-36(47)42-30-31(51-52(9,10)38(4,5)6)23-16-18-25(19-17-23)49-27-21-24(20-26(43)32(27)48-8)29(33(44)39-7)41-34(45)28(40-35(30)46)22-14-12-11-13-15-22/h11-21,28-31,43H,1-10H3,(H,39,44)(H,40,46)(H,41,45)(H,42,47)/t28-,29+,30+,31+/m0/s1. The van der Waals surface area contributed by atoms with E-state index in [2.05, 4.69) is 42.0 Å². The Labute approximate surface area is 305 Å². The summed E-state index contributed by atoms with van der Waals surface area (Å²) in [4.78, 5) is 55.7. The van der Waals surface area contributed by atoms with Gasteiger partial charge in [0, 0.05) is 7.05 Å². The van der Waals surface area contributed by atoms with E-state index in [1.807, 2.05) is 13.1 Å². The van der Waals surface area contributed by atoms with Crippen molar-refractivity contribution in [3.63, 3.8) is 0 Å². The highest BCUT2D eigenvalue weighted by Gasteiger charge is 2.44. The van der Waals surface area contributed by atoms with E-state index in [4.69, 9.17) is 18.6 Å². The van der Waals surface area contributed by atoms with E-state index in [1.165, 1.54) is 26.3 Å². The van der Waals surface area contributed by atoms with Crippen LogP contribution in [0.2, 0.25) is 18.1 Å². The molecule has 0 saturated heterocycles. The van der Waals surface area contributed by atoms with E-state index in [1.54, 1.807) is 75.4 Å². The van der Waals surface area contributed by atoms with Crippen molar-refractivity contribution < 1.29 is 42.9 Å². The number of carbonyl (C=O) groups excluding carboxylic acids is 4. The molecule has 0 radical (unpaired) electrons. The number of rotatable bonds is 6. The Bertz CT molecular complexity index is 1770. The van der Waals surface area contributed by atoms with Crippen molar-refractivity contribution in [3.8, 4) is 23.0 Å². The zero-order valence-electron chi connectivity index (χ0n) is 31.4. The molecule has 5 rings (SSSR count). The van der Waals surface area contributed by atoms with Crippen LogP contribution in [0.15, 0.2) is 66.7 Å². The van der Waals surface area contributed by atoms with E-state index >= 15 is 0 Å². The van der Waals surface area contributed by atoms with Crippen LogP contribution in [0.1, 0.15) is 76.4 Å². The van der Waals surface area contributed by atoms with Gasteiger partial charge in [0.1, 0.15) is 29.5 Å². The molecule has 0 spiro atoms. The molecule has 13 nitrogen and oxygen atoms in total. The van der Waals surface area contributed by atoms with Gasteiger partial charge < -0.3 is 45.0 Å². The van der Waals surface area contributed by atoms with Gasteiger partial charge in [-0.1, -0.05) is 63.2 Å². The van der Waals surface area contributed by atoms with Crippen molar-refractivity contribution in [2.75, 3.05) is 14.2 Å². The quantitative estimate of drug-likeness (QED) is 0.193. The molecule has 52 heavy (non-hydrogen) atoms. The number of nitrogens with one attached hydrogen (secondary N) is 4. The van der Waals surface area contributed by atoms with Gasteiger partial charge in [-0.05, 0) is 79.9 Å². The van der Waals surface area contributed by atoms with Gasteiger partial charge in [-0.15, -0.1) is 0 Å². The van der Waals surface area contributed by atoms with Gasteiger partial charge in [-0.25, -0.2) is 4.79 Å². The number of carbonyl (C=O) groups is 4. The zero-order chi connectivity index (χ0) is 38.6. The number of likely N-dealkylation sites (N-methyl/N-ethyl adjacent to an activating group) is 1. The molecule has 14 heteroatoms. The zero-order valence-corrected chi connectivity index (χ0v) is 32.4. The largest absolute Gasteiger partial charge is 0.504 e. The lowest BCUT2D eigenvalue weighted by molar-refractivity contribution is -0.133. The Balaban J connectivity index is 1.99. The third-order valence-corrected chi connectivity index (χ3v) is 13.4. The Morgan fingerprint density at radius 1 is 0.865 bits per heavy atom. The molecule has 4 atom stereocenters. The number of hydrogen-bond donors (Lipinski definition) is 5. The maximum atomic E-state index is 14.6. The van der Waals surface area contributed by atoms with Crippen molar-refractivity contribution >= 4 is 32.1 Å². The number of phenolic OH excluding ortho intramolecular Hbond substituents is 1. The first-order valence-corrected chi connectivity index (χ1v) is 19.9. The molecule has 3 aromatic carbocycles. The Morgan fingerprint density at radius 2 is 1.50 bits per heavy atom. The lowest BCUT2D eigenvalue weighted by Crippen LogP contribution is -2.56. The SMILES string of the molecule is CNC(=O)[C@@H]1NC(=O)[C@H](c2ccccc2)NC(=O)[C@H](NC(=O)OC(C)(C)C)[C@H](O[Si](C)(C)C(C)(C)C)c2ccc(cc2)Oc2cc1cc(O)c2OC. The third kappa shape index (κ3) is 9.42. The number of benzene rings is 3. The van der Waals surface area contributed by atoms with Crippen LogP contribution in [0.5, 0.6) is 23.0 Å². The van der Waals surface area contributed by atoms with Crippen LogP contribution in [0.3, 0.4) is 0 Å². The number of fused-ring (bicyclic) bond motifs is 9. The summed E-state index contributed by atoms with van der Waals surface area (Å²) in [5.41, 5.74) is 0.217. The van der Waals surface area contributed by atoms with Crippen LogP contribution in [0.25, 0.3) is 0 Å². The van der Waals surface area contributed by atoms with Gasteiger partial charge in [0.2, 0.25) is 23.5 Å². The number of alkyl carbamates (subject to hydrolysis) is 1. The second-order valence-corrected chi connectivity index (χ2v) is 19.8. The molecule has 2 aliphatic heterocycles. The smallest absolute Gasteiger partial charge is 0.408 e. The van der Waals surface area contributed by atoms with Crippen molar-refractivity contribution in [2.45, 2.75) is 89.5 Å². The van der Waals surface area contributed by atoms with Crippen LogP contribution in [-0.2, 0) is 23.5 Å². The summed E-state index contributed by atoms with van der Waals surface area (Å²) in [6, 6.07) is 13.9. The predicted molar refractivity (Wildman–Crippen MR) is 198 cm³/mol. The minimum absolute atomic E-state index is 0.00566. The maximum absolute atomic E-state index is 14.6.